The first-order valence-electron chi connectivity index (χ1n) is 10.5. The molecule has 0 radical (unpaired) electrons. The summed E-state index contributed by atoms with van der Waals surface area (Å²) in [6, 6.07) is 18.5. The highest BCUT2D eigenvalue weighted by atomic mass is 32.2. The van der Waals surface area contributed by atoms with E-state index in [4.69, 9.17) is 15.2 Å². The van der Waals surface area contributed by atoms with E-state index in [9.17, 15) is 18.0 Å². The van der Waals surface area contributed by atoms with Gasteiger partial charge in [0.05, 0.1) is 4.90 Å². The maximum absolute atomic E-state index is 12.9. The van der Waals surface area contributed by atoms with Gasteiger partial charge in [0.15, 0.2) is 11.5 Å². The average molecular weight is 482 g/mol. The van der Waals surface area contributed by atoms with E-state index in [2.05, 4.69) is 10.0 Å². The maximum atomic E-state index is 12.9. The van der Waals surface area contributed by atoms with Gasteiger partial charge in [0.1, 0.15) is 19.3 Å². The van der Waals surface area contributed by atoms with Crippen LogP contribution in [0.15, 0.2) is 77.7 Å². The number of nitrogens with one attached hydrogen (secondary N) is 2. The molecule has 0 bridgehead atoms. The van der Waals surface area contributed by atoms with Crippen molar-refractivity contribution in [3.63, 3.8) is 0 Å². The van der Waals surface area contributed by atoms with Crippen molar-refractivity contribution in [1.29, 1.82) is 0 Å². The first-order chi connectivity index (χ1) is 16.3. The fourth-order valence-electron chi connectivity index (χ4n) is 3.44. The van der Waals surface area contributed by atoms with Gasteiger partial charge < -0.3 is 20.5 Å². The molecule has 0 saturated heterocycles. The van der Waals surface area contributed by atoms with Crippen LogP contribution in [-0.2, 0) is 21.2 Å². The third-order valence-electron chi connectivity index (χ3n) is 5.13. The van der Waals surface area contributed by atoms with E-state index >= 15 is 0 Å². The molecule has 0 saturated carbocycles. The molecule has 10 heteroatoms. The molecule has 4 rings (SSSR count). The Morgan fingerprint density at radius 1 is 0.912 bits per heavy atom. The summed E-state index contributed by atoms with van der Waals surface area (Å²) >= 11 is 0. The van der Waals surface area contributed by atoms with Crippen molar-refractivity contribution in [3.05, 3.63) is 83.9 Å². The molecular weight excluding hydrogens is 458 g/mol. The summed E-state index contributed by atoms with van der Waals surface area (Å²) < 4.78 is 39.1. The van der Waals surface area contributed by atoms with Crippen LogP contribution in [0.25, 0.3) is 0 Å². The summed E-state index contributed by atoms with van der Waals surface area (Å²) in [6.07, 6.45) is 0.234. The number of ether oxygens (including phenoxy) is 2. The van der Waals surface area contributed by atoms with Crippen LogP contribution in [0, 0.1) is 0 Å². The number of benzene rings is 3. The van der Waals surface area contributed by atoms with Crippen molar-refractivity contribution >= 4 is 27.5 Å². The number of rotatable bonds is 8. The zero-order valence-electron chi connectivity index (χ0n) is 18.1. The van der Waals surface area contributed by atoms with Crippen LogP contribution >= 0.6 is 0 Å². The van der Waals surface area contributed by atoms with E-state index in [-0.39, 0.29) is 22.6 Å². The van der Waals surface area contributed by atoms with Crippen LogP contribution in [0.1, 0.15) is 15.9 Å². The van der Waals surface area contributed by atoms with Crippen molar-refractivity contribution in [2.45, 2.75) is 17.4 Å². The van der Waals surface area contributed by atoms with Gasteiger partial charge in [-0.2, -0.15) is 0 Å². The number of hydrogen-bond acceptors (Lipinski definition) is 6. The number of anilines is 1. The van der Waals surface area contributed by atoms with Gasteiger partial charge >= 0.3 is 0 Å². The second kappa shape index (κ2) is 9.84. The number of primary amides is 1. The van der Waals surface area contributed by atoms with E-state index in [0.29, 0.717) is 24.7 Å². The molecule has 9 nitrogen and oxygen atoms in total. The number of fused-ring (bicyclic) bond motifs is 1. The van der Waals surface area contributed by atoms with Gasteiger partial charge in [-0.05, 0) is 35.9 Å². The molecule has 3 aromatic carbocycles. The van der Waals surface area contributed by atoms with E-state index in [0.717, 1.165) is 5.56 Å². The first-order valence-corrected chi connectivity index (χ1v) is 12.0. The van der Waals surface area contributed by atoms with Crippen LogP contribution in [0.3, 0.4) is 0 Å². The highest BCUT2D eigenvalue weighted by Crippen LogP contribution is 2.32. The lowest BCUT2D eigenvalue weighted by atomic mass is 10.0. The molecule has 34 heavy (non-hydrogen) atoms. The van der Waals surface area contributed by atoms with Crippen LogP contribution in [-0.4, -0.2) is 39.5 Å². The molecular formula is C24H23N3O6S. The van der Waals surface area contributed by atoms with E-state index < -0.39 is 27.9 Å². The topological polar surface area (TPSA) is 137 Å². The summed E-state index contributed by atoms with van der Waals surface area (Å²) in [5.41, 5.74) is 6.66. The molecule has 1 aliphatic rings. The highest BCUT2D eigenvalue weighted by molar-refractivity contribution is 7.92. The Labute approximate surface area is 196 Å². The summed E-state index contributed by atoms with van der Waals surface area (Å²) in [7, 11) is -3.96. The van der Waals surface area contributed by atoms with Crippen molar-refractivity contribution in [2.75, 3.05) is 17.9 Å². The number of amides is 2. The van der Waals surface area contributed by atoms with E-state index in [1.165, 1.54) is 42.5 Å². The Hall–Kier alpha value is -4.05. The summed E-state index contributed by atoms with van der Waals surface area (Å²) in [4.78, 5) is 24.6. The molecule has 1 heterocycles. The zero-order valence-corrected chi connectivity index (χ0v) is 18.9. The Morgan fingerprint density at radius 2 is 1.65 bits per heavy atom. The van der Waals surface area contributed by atoms with Crippen molar-refractivity contribution < 1.29 is 27.5 Å². The molecule has 1 atom stereocenters. The Bertz CT molecular complexity index is 1310. The van der Waals surface area contributed by atoms with E-state index in [1.807, 2.05) is 30.3 Å². The van der Waals surface area contributed by atoms with Gasteiger partial charge in [0.25, 0.3) is 15.9 Å². The standard InChI is InChI=1S/C24H23N3O6S/c25-23(28)20(13-16-5-2-1-3-6-16)26-24(29)17-7-4-8-18(14-17)27-34(30,31)19-9-10-21-22(15-19)33-12-11-32-21/h1-10,14-15,20,27H,11-13H2,(H2,25,28)(H,26,29). The largest absolute Gasteiger partial charge is 0.486 e. The van der Waals surface area contributed by atoms with Gasteiger partial charge in [-0.25, -0.2) is 8.42 Å². The van der Waals surface area contributed by atoms with Gasteiger partial charge in [-0.3, -0.25) is 14.3 Å². The molecule has 0 aromatic heterocycles. The average Bonchev–Trinajstić information content (AvgIpc) is 2.83. The number of carbonyl (C=O) groups excluding carboxylic acids is 2. The molecule has 4 N–H and O–H groups in total. The lowest BCUT2D eigenvalue weighted by Crippen LogP contribution is -2.45. The van der Waals surface area contributed by atoms with Crippen LogP contribution in [0.2, 0.25) is 0 Å². The molecule has 3 aromatic rings. The normalized spacial score (nSPS) is 13.5. The Morgan fingerprint density at radius 3 is 2.38 bits per heavy atom. The lowest BCUT2D eigenvalue weighted by molar-refractivity contribution is -0.119. The van der Waals surface area contributed by atoms with E-state index in [1.54, 1.807) is 0 Å². The summed E-state index contributed by atoms with van der Waals surface area (Å²) in [5.74, 6) is -0.408. The van der Waals surface area contributed by atoms with Crippen molar-refractivity contribution in [3.8, 4) is 11.5 Å². The smallest absolute Gasteiger partial charge is 0.262 e. The number of carbonyl (C=O) groups is 2. The molecule has 0 aliphatic carbocycles. The number of nitrogens with two attached hydrogens (primary N) is 1. The minimum Gasteiger partial charge on any atom is -0.486 e. The van der Waals surface area contributed by atoms with Crippen molar-refractivity contribution in [1.82, 2.24) is 5.32 Å². The summed E-state index contributed by atoms with van der Waals surface area (Å²) in [5, 5.41) is 2.62. The van der Waals surface area contributed by atoms with Gasteiger partial charge in [-0.1, -0.05) is 36.4 Å². The Balaban J connectivity index is 1.48. The highest BCUT2D eigenvalue weighted by Gasteiger charge is 2.22. The zero-order chi connectivity index (χ0) is 24.1. The van der Waals surface area contributed by atoms with Crippen LogP contribution in [0.5, 0.6) is 11.5 Å². The third-order valence-corrected chi connectivity index (χ3v) is 6.51. The second-order valence-electron chi connectivity index (χ2n) is 7.61. The fourth-order valence-corrected chi connectivity index (χ4v) is 4.51. The molecule has 2 amide bonds. The SMILES string of the molecule is NC(=O)C(Cc1ccccc1)NC(=O)c1cccc(NS(=O)(=O)c2ccc3c(c2)OCCO3)c1. The predicted molar refractivity (Wildman–Crippen MR) is 125 cm³/mol. The van der Waals surface area contributed by atoms with Gasteiger partial charge in [0, 0.05) is 23.7 Å². The monoisotopic (exact) mass is 481 g/mol. The first kappa shape index (κ1) is 23.1. The molecule has 0 spiro atoms. The second-order valence-corrected chi connectivity index (χ2v) is 9.29. The van der Waals surface area contributed by atoms with Gasteiger partial charge in [-0.15, -0.1) is 0 Å². The summed E-state index contributed by atoms with van der Waals surface area (Å²) in [6.45, 7) is 0.728. The molecule has 0 fully saturated rings. The third kappa shape index (κ3) is 5.46. The Kier molecular flexibility index (Phi) is 6.69. The predicted octanol–water partition coefficient (Wildman–Crippen LogP) is 2.08. The lowest BCUT2D eigenvalue weighted by Gasteiger charge is -2.19. The van der Waals surface area contributed by atoms with Crippen molar-refractivity contribution in [2.24, 2.45) is 5.73 Å². The number of hydrogen-bond donors (Lipinski definition) is 3. The molecule has 1 aliphatic heterocycles. The minimum atomic E-state index is -3.96. The van der Waals surface area contributed by atoms with Crippen LogP contribution in [0.4, 0.5) is 5.69 Å². The maximum Gasteiger partial charge on any atom is 0.262 e. The molecule has 176 valence electrons. The number of sulfonamides is 1. The van der Waals surface area contributed by atoms with Crippen LogP contribution < -0.4 is 25.2 Å². The fraction of sp³-hybridized carbons (Fsp3) is 0.167. The quantitative estimate of drug-likeness (QED) is 0.451. The molecule has 1 unspecified atom stereocenters. The van der Waals surface area contributed by atoms with Gasteiger partial charge in [0.2, 0.25) is 5.91 Å². The minimum absolute atomic E-state index is 0.0109.